The van der Waals surface area contributed by atoms with Gasteiger partial charge in [0.1, 0.15) is 0 Å². The third-order valence-electron chi connectivity index (χ3n) is 4.03. The van der Waals surface area contributed by atoms with Gasteiger partial charge in [0, 0.05) is 24.2 Å². The van der Waals surface area contributed by atoms with Crippen molar-refractivity contribution >= 4 is 11.5 Å². The summed E-state index contributed by atoms with van der Waals surface area (Å²) < 4.78 is 0. The van der Waals surface area contributed by atoms with E-state index in [1.54, 1.807) is 0 Å². The predicted molar refractivity (Wildman–Crippen MR) is 84.8 cm³/mol. The van der Waals surface area contributed by atoms with Crippen molar-refractivity contribution in [3.63, 3.8) is 0 Å². The van der Waals surface area contributed by atoms with Crippen molar-refractivity contribution in [1.82, 2.24) is 4.98 Å². The lowest BCUT2D eigenvalue weighted by Crippen LogP contribution is -2.22. The molecule has 2 unspecified atom stereocenters. The maximum Gasteiger partial charge on any atom is 0.153 e. The van der Waals surface area contributed by atoms with Gasteiger partial charge in [0.2, 0.25) is 0 Å². The number of nitrogens with two attached hydrogens (primary N) is 1. The molecule has 0 saturated carbocycles. The van der Waals surface area contributed by atoms with E-state index in [4.69, 9.17) is 5.73 Å². The van der Waals surface area contributed by atoms with Crippen LogP contribution in [0.25, 0.3) is 0 Å². The fraction of sp³-hybridized carbons (Fsp3) is 0.500. The molecule has 4 heteroatoms. The average molecular weight is 272 g/mol. The van der Waals surface area contributed by atoms with Crippen LogP contribution in [0, 0.1) is 5.92 Å². The van der Waals surface area contributed by atoms with Crippen molar-refractivity contribution in [3.05, 3.63) is 36.2 Å². The Kier molecular flexibility index (Phi) is 4.55. The molecule has 2 heterocycles. The second kappa shape index (κ2) is 6.18. The van der Waals surface area contributed by atoms with E-state index in [-0.39, 0.29) is 6.04 Å². The summed E-state index contributed by atoms with van der Waals surface area (Å²) in [5.74, 6) is 1.63. The molecular weight excluding hydrogens is 248 g/mol. The van der Waals surface area contributed by atoms with Gasteiger partial charge in [0.25, 0.3) is 0 Å². The van der Waals surface area contributed by atoms with Gasteiger partial charge in [-0.15, -0.1) is 0 Å². The van der Waals surface area contributed by atoms with Crippen molar-refractivity contribution < 1.29 is 0 Å². The first-order chi connectivity index (χ1) is 9.49. The van der Waals surface area contributed by atoms with Crippen LogP contribution in [0.1, 0.15) is 45.6 Å². The van der Waals surface area contributed by atoms with Crippen molar-refractivity contribution in [3.8, 4) is 0 Å². The van der Waals surface area contributed by atoms with Gasteiger partial charge in [-0.05, 0) is 43.7 Å². The Morgan fingerprint density at radius 2 is 2.10 bits per heavy atom. The Morgan fingerprint density at radius 3 is 2.70 bits per heavy atom. The van der Waals surface area contributed by atoms with Crippen LogP contribution < -0.4 is 10.7 Å². The van der Waals surface area contributed by atoms with Crippen LogP contribution >= 0.6 is 0 Å². The van der Waals surface area contributed by atoms with E-state index in [1.165, 1.54) is 0 Å². The van der Waals surface area contributed by atoms with Gasteiger partial charge in [0.15, 0.2) is 5.82 Å². The second-order valence-electron chi connectivity index (χ2n) is 5.70. The molecule has 0 aliphatic carbocycles. The Labute approximate surface area is 121 Å². The molecule has 0 spiro atoms. The highest BCUT2D eigenvalue weighted by Gasteiger charge is 2.14. The number of hydrogen-bond acceptors (Lipinski definition) is 4. The Morgan fingerprint density at radius 1 is 1.35 bits per heavy atom. The monoisotopic (exact) mass is 272 g/mol. The average Bonchev–Trinajstić information content (AvgIpc) is 2.60. The molecule has 1 aromatic rings. The molecule has 2 N–H and O–H groups in total. The minimum atomic E-state index is 0.127. The summed E-state index contributed by atoms with van der Waals surface area (Å²) in [6.45, 7) is 8.40. The number of allylic oxidation sites excluding steroid dienone is 1. The first-order valence-electron chi connectivity index (χ1n) is 7.21. The number of hydrogen-bond donors (Lipinski definition) is 1. The van der Waals surface area contributed by atoms with Crippen molar-refractivity contribution in [2.45, 2.75) is 46.1 Å². The van der Waals surface area contributed by atoms with E-state index in [2.05, 4.69) is 43.0 Å². The number of pyridine rings is 1. The lowest BCUT2D eigenvalue weighted by atomic mass is 9.97. The van der Waals surface area contributed by atoms with Crippen LogP contribution in [0.4, 0.5) is 5.82 Å². The normalized spacial score (nSPS) is 22.1. The summed E-state index contributed by atoms with van der Waals surface area (Å²) in [5.41, 5.74) is 8.22. The molecule has 0 fully saturated rings. The standard InChI is InChI=1S/C16H24N4/c1-11-6-5-9-20(19-14(11)4)16-8-7-15(10-18-16)12(2)13(3)17/h5,7-13H,6,17H2,1-4H3/t11?,12-,13?/m1/s1. The zero-order valence-corrected chi connectivity index (χ0v) is 12.7. The van der Waals surface area contributed by atoms with E-state index in [0.717, 1.165) is 23.5 Å². The molecule has 4 nitrogen and oxygen atoms in total. The van der Waals surface area contributed by atoms with Crippen molar-refractivity contribution in [1.29, 1.82) is 0 Å². The largest absolute Gasteiger partial charge is 0.327 e. The minimum Gasteiger partial charge on any atom is -0.327 e. The Balaban J connectivity index is 2.22. The number of hydrazone groups is 1. The van der Waals surface area contributed by atoms with Crippen molar-refractivity contribution in [2.24, 2.45) is 16.8 Å². The van der Waals surface area contributed by atoms with Crippen LogP contribution in [-0.2, 0) is 0 Å². The minimum absolute atomic E-state index is 0.127. The quantitative estimate of drug-likeness (QED) is 0.918. The van der Waals surface area contributed by atoms with Gasteiger partial charge in [-0.1, -0.05) is 26.0 Å². The number of anilines is 1. The molecule has 0 saturated heterocycles. The highest BCUT2D eigenvalue weighted by atomic mass is 15.5. The molecule has 1 aliphatic heterocycles. The van der Waals surface area contributed by atoms with Gasteiger partial charge < -0.3 is 5.73 Å². The molecule has 108 valence electrons. The highest BCUT2D eigenvalue weighted by molar-refractivity contribution is 5.85. The topological polar surface area (TPSA) is 54.5 Å². The van der Waals surface area contributed by atoms with Gasteiger partial charge in [-0.3, -0.25) is 0 Å². The highest BCUT2D eigenvalue weighted by Crippen LogP contribution is 2.22. The zero-order valence-electron chi connectivity index (χ0n) is 12.7. The number of nitrogens with zero attached hydrogens (tertiary/aromatic N) is 3. The van der Waals surface area contributed by atoms with Gasteiger partial charge >= 0.3 is 0 Å². The third kappa shape index (κ3) is 3.25. The number of aromatic nitrogens is 1. The summed E-state index contributed by atoms with van der Waals surface area (Å²) in [6, 6.07) is 4.22. The molecule has 0 aromatic carbocycles. The summed E-state index contributed by atoms with van der Waals surface area (Å²) in [4.78, 5) is 4.52. The van der Waals surface area contributed by atoms with Crippen LogP contribution in [0.2, 0.25) is 0 Å². The molecule has 1 aliphatic rings. The Hall–Kier alpha value is -1.68. The molecule has 3 atom stereocenters. The van der Waals surface area contributed by atoms with E-state index in [1.807, 2.05) is 30.4 Å². The summed E-state index contributed by atoms with van der Waals surface area (Å²) >= 11 is 0. The Bertz CT molecular complexity index is 502. The van der Waals surface area contributed by atoms with E-state index < -0.39 is 0 Å². The SMILES string of the molecule is CC1=NN(c2ccc([C@H](C)C(C)N)cn2)C=CCC1C. The summed E-state index contributed by atoms with van der Waals surface area (Å²) in [6.07, 6.45) is 7.05. The molecular formula is C16H24N4. The lowest BCUT2D eigenvalue weighted by Gasteiger charge is -2.18. The zero-order chi connectivity index (χ0) is 14.7. The fourth-order valence-corrected chi connectivity index (χ4v) is 2.07. The summed E-state index contributed by atoms with van der Waals surface area (Å²) in [5, 5.41) is 6.46. The van der Waals surface area contributed by atoms with Crippen molar-refractivity contribution in [2.75, 3.05) is 5.01 Å². The van der Waals surface area contributed by atoms with E-state index in [0.29, 0.717) is 11.8 Å². The van der Waals surface area contributed by atoms with Gasteiger partial charge in [-0.25, -0.2) is 9.99 Å². The summed E-state index contributed by atoms with van der Waals surface area (Å²) in [7, 11) is 0. The molecule has 0 amide bonds. The maximum atomic E-state index is 5.93. The fourth-order valence-electron chi connectivity index (χ4n) is 2.07. The van der Waals surface area contributed by atoms with Gasteiger partial charge in [-0.2, -0.15) is 5.10 Å². The predicted octanol–water partition coefficient (Wildman–Crippen LogP) is 3.27. The van der Waals surface area contributed by atoms with Crippen LogP contribution in [0.3, 0.4) is 0 Å². The molecule has 0 bridgehead atoms. The lowest BCUT2D eigenvalue weighted by molar-refractivity contribution is 0.611. The second-order valence-corrected chi connectivity index (χ2v) is 5.70. The maximum absolute atomic E-state index is 5.93. The molecule has 2 rings (SSSR count). The smallest absolute Gasteiger partial charge is 0.153 e. The van der Waals surface area contributed by atoms with Gasteiger partial charge in [0.05, 0.1) is 0 Å². The molecule has 1 aromatic heterocycles. The van der Waals surface area contributed by atoms with E-state index >= 15 is 0 Å². The molecule has 20 heavy (non-hydrogen) atoms. The van der Waals surface area contributed by atoms with E-state index in [9.17, 15) is 0 Å². The molecule has 0 radical (unpaired) electrons. The van der Waals surface area contributed by atoms with Crippen LogP contribution in [0.15, 0.2) is 35.7 Å². The van der Waals surface area contributed by atoms with Crippen LogP contribution in [0.5, 0.6) is 0 Å². The third-order valence-corrected chi connectivity index (χ3v) is 4.03. The van der Waals surface area contributed by atoms with Crippen LogP contribution in [-0.4, -0.2) is 16.7 Å². The first-order valence-corrected chi connectivity index (χ1v) is 7.21. The number of rotatable bonds is 3. The first kappa shape index (κ1) is 14.7.